The minimum absolute atomic E-state index is 0.0315. The van der Waals surface area contributed by atoms with Crippen molar-refractivity contribution >= 4 is 18.0 Å². The van der Waals surface area contributed by atoms with Gasteiger partial charge in [0.2, 0.25) is 0 Å². The van der Waals surface area contributed by atoms with Crippen LogP contribution in [0.1, 0.15) is 32.8 Å². The molecular formula is C21H27F3N2O5. The molecule has 10 heteroatoms. The second-order valence-electron chi connectivity index (χ2n) is 7.61. The molecule has 0 unspecified atom stereocenters. The Bertz CT molecular complexity index is 770. The van der Waals surface area contributed by atoms with Crippen molar-refractivity contribution in [2.24, 2.45) is 11.8 Å². The zero-order valence-electron chi connectivity index (χ0n) is 17.6. The maximum Gasteiger partial charge on any atom is 0.471 e. The lowest BCUT2D eigenvalue weighted by atomic mass is 9.84. The summed E-state index contributed by atoms with van der Waals surface area (Å²) in [7, 11) is 0. The highest BCUT2D eigenvalue weighted by Gasteiger charge is 2.50. The first-order valence-corrected chi connectivity index (χ1v) is 10.1. The van der Waals surface area contributed by atoms with E-state index in [1.807, 2.05) is 11.4 Å². The average molecular weight is 444 g/mol. The molecule has 0 radical (unpaired) electrons. The average Bonchev–Trinajstić information content (AvgIpc) is 3.09. The van der Waals surface area contributed by atoms with Gasteiger partial charge in [0.25, 0.3) is 0 Å². The number of rotatable bonds is 7. The van der Waals surface area contributed by atoms with Crippen LogP contribution in [0.2, 0.25) is 0 Å². The Balaban J connectivity index is 2.26. The summed E-state index contributed by atoms with van der Waals surface area (Å²) in [5.74, 6) is -4.06. The van der Waals surface area contributed by atoms with Crippen LogP contribution < -0.4 is 5.32 Å². The van der Waals surface area contributed by atoms with Gasteiger partial charge in [0, 0.05) is 6.54 Å². The Hall–Kier alpha value is -2.78. The number of likely N-dealkylation sites (tertiary alicyclic amines) is 1. The molecule has 172 valence electrons. The molecule has 7 nitrogen and oxygen atoms in total. The number of carbonyl (C=O) groups excluding carboxylic acids is 3. The quantitative estimate of drug-likeness (QED) is 0.653. The molecule has 0 spiro atoms. The van der Waals surface area contributed by atoms with Gasteiger partial charge in [-0.25, -0.2) is 4.79 Å². The largest absolute Gasteiger partial charge is 0.471 e. The molecule has 1 aliphatic heterocycles. The lowest BCUT2D eigenvalue weighted by Crippen LogP contribution is -2.55. The number of nitrogens with zero attached hydrogens (tertiary/aromatic N) is 1. The van der Waals surface area contributed by atoms with Gasteiger partial charge in [0.05, 0.1) is 24.6 Å². The van der Waals surface area contributed by atoms with Crippen LogP contribution >= 0.6 is 0 Å². The second-order valence-corrected chi connectivity index (χ2v) is 7.61. The highest BCUT2D eigenvalue weighted by molar-refractivity contribution is 5.83. The molecule has 1 aromatic carbocycles. The molecule has 1 saturated heterocycles. The zero-order valence-corrected chi connectivity index (χ0v) is 17.6. The normalized spacial score (nSPS) is 19.8. The summed E-state index contributed by atoms with van der Waals surface area (Å²) in [6.45, 7) is 5.09. The van der Waals surface area contributed by atoms with Gasteiger partial charge in [-0.3, -0.25) is 9.59 Å². The number of benzene rings is 1. The van der Waals surface area contributed by atoms with Gasteiger partial charge in [-0.15, -0.1) is 0 Å². The van der Waals surface area contributed by atoms with E-state index in [4.69, 9.17) is 9.47 Å². The second kappa shape index (κ2) is 10.5. The van der Waals surface area contributed by atoms with Crippen molar-refractivity contribution in [2.75, 3.05) is 13.2 Å². The van der Waals surface area contributed by atoms with E-state index in [1.54, 1.807) is 45.0 Å². The molecular weight excluding hydrogens is 417 g/mol. The maximum atomic E-state index is 12.8. The zero-order chi connectivity index (χ0) is 23.2. The predicted molar refractivity (Wildman–Crippen MR) is 105 cm³/mol. The molecule has 1 aromatic rings. The van der Waals surface area contributed by atoms with Crippen LogP contribution in [0.5, 0.6) is 0 Å². The van der Waals surface area contributed by atoms with Crippen molar-refractivity contribution in [2.45, 2.75) is 52.1 Å². The number of halogens is 3. The summed E-state index contributed by atoms with van der Waals surface area (Å²) >= 11 is 0. The number of esters is 1. The molecule has 1 aliphatic rings. The van der Waals surface area contributed by atoms with Crippen molar-refractivity contribution in [3.63, 3.8) is 0 Å². The summed E-state index contributed by atoms with van der Waals surface area (Å²) in [6, 6.07) is 6.78. The summed E-state index contributed by atoms with van der Waals surface area (Å²) < 4.78 is 48.9. The van der Waals surface area contributed by atoms with Crippen LogP contribution in [0.25, 0.3) is 0 Å². The Morgan fingerprint density at radius 3 is 2.35 bits per heavy atom. The topological polar surface area (TPSA) is 84.9 Å². The Kier molecular flexibility index (Phi) is 8.29. The number of nitrogens with one attached hydrogen (secondary N) is 1. The van der Waals surface area contributed by atoms with Gasteiger partial charge in [-0.2, -0.15) is 13.2 Å². The number of hydrogen-bond acceptors (Lipinski definition) is 5. The van der Waals surface area contributed by atoms with Crippen molar-refractivity contribution in [3.05, 3.63) is 35.9 Å². The molecule has 2 amide bonds. The molecule has 0 saturated carbocycles. The first-order chi connectivity index (χ1) is 14.6. The van der Waals surface area contributed by atoms with Gasteiger partial charge in [-0.05, 0) is 24.8 Å². The number of alkyl halides is 3. The number of ether oxygens (including phenoxy) is 2. The highest BCUT2D eigenvalue weighted by Crippen LogP contribution is 2.32. The number of amides is 2. The molecule has 1 N–H and O–H groups in total. The van der Waals surface area contributed by atoms with Crippen molar-refractivity contribution in [3.8, 4) is 0 Å². The van der Waals surface area contributed by atoms with E-state index >= 15 is 0 Å². The van der Waals surface area contributed by atoms with Crippen LogP contribution in [0.4, 0.5) is 18.0 Å². The molecule has 0 aromatic heterocycles. The molecule has 1 fully saturated rings. The van der Waals surface area contributed by atoms with Crippen molar-refractivity contribution in [1.82, 2.24) is 10.2 Å². The molecule has 0 aliphatic carbocycles. The fourth-order valence-corrected chi connectivity index (χ4v) is 3.73. The van der Waals surface area contributed by atoms with Crippen LogP contribution in [0, 0.1) is 11.8 Å². The molecule has 2 rings (SSSR count). The first kappa shape index (κ1) is 24.5. The number of carbonyl (C=O) groups is 3. The minimum atomic E-state index is -5.08. The van der Waals surface area contributed by atoms with E-state index in [9.17, 15) is 27.6 Å². The van der Waals surface area contributed by atoms with Gasteiger partial charge in [0.15, 0.2) is 0 Å². The van der Waals surface area contributed by atoms with Gasteiger partial charge < -0.3 is 19.7 Å². The third-order valence-corrected chi connectivity index (χ3v) is 5.11. The van der Waals surface area contributed by atoms with Crippen LogP contribution in [0.3, 0.4) is 0 Å². The van der Waals surface area contributed by atoms with Gasteiger partial charge in [-0.1, -0.05) is 44.2 Å². The third kappa shape index (κ3) is 6.35. The van der Waals surface area contributed by atoms with Gasteiger partial charge in [0.1, 0.15) is 6.61 Å². The molecule has 31 heavy (non-hydrogen) atoms. The highest BCUT2D eigenvalue weighted by atomic mass is 19.4. The predicted octanol–water partition coefficient (Wildman–Crippen LogP) is 3.28. The Morgan fingerprint density at radius 1 is 1.16 bits per heavy atom. The summed E-state index contributed by atoms with van der Waals surface area (Å²) in [6.07, 6.45) is -5.80. The minimum Gasteiger partial charge on any atom is -0.466 e. The van der Waals surface area contributed by atoms with E-state index in [-0.39, 0.29) is 32.1 Å². The van der Waals surface area contributed by atoms with Crippen molar-refractivity contribution < 1.29 is 37.0 Å². The van der Waals surface area contributed by atoms with E-state index in [0.29, 0.717) is 0 Å². The third-order valence-electron chi connectivity index (χ3n) is 5.11. The standard InChI is InChI=1S/C21H27F3N2O5/c1-4-30-18(27)16(13(2)3)17-15(25-19(28)21(22,23)24)10-11-26(17)20(29)31-12-14-8-6-5-7-9-14/h5-9,13,15-17H,4,10-12H2,1-3H3,(H,25,28)/t15-,16-,17-/m0/s1. The molecule has 1 heterocycles. The smallest absolute Gasteiger partial charge is 0.466 e. The van der Waals surface area contributed by atoms with Crippen molar-refractivity contribution in [1.29, 1.82) is 0 Å². The lowest BCUT2D eigenvalue weighted by Gasteiger charge is -2.35. The van der Waals surface area contributed by atoms with E-state index in [0.717, 1.165) is 5.56 Å². The number of hydrogen-bond donors (Lipinski definition) is 1. The Labute approximate surface area is 178 Å². The van der Waals surface area contributed by atoms with Crippen LogP contribution in [-0.4, -0.2) is 54.3 Å². The van der Waals surface area contributed by atoms with Crippen LogP contribution in [0.15, 0.2) is 30.3 Å². The fourth-order valence-electron chi connectivity index (χ4n) is 3.73. The van der Waals surface area contributed by atoms with Crippen LogP contribution in [-0.2, 0) is 25.7 Å². The summed E-state index contributed by atoms with van der Waals surface area (Å²) in [5.41, 5.74) is 0.735. The van der Waals surface area contributed by atoms with E-state index < -0.39 is 42.1 Å². The monoisotopic (exact) mass is 444 g/mol. The first-order valence-electron chi connectivity index (χ1n) is 10.1. The SMILES string of the molecule is CCOC(=O)[C@@H](C(C)C)[C@@H]1[C@@H](NC(=O)C(F)(F)F)CCN1C(=O)OCc1ccccc1. The summed E-state index contributed by atoms with van der Waals surface area (Å²) in [4.78, 5) is 38.2. The fraction of sp³-hybridized carbons (Fsp3) is 0.571. The van der Waals surface area contributed by atoms with E-state index in [2.05, 4.69) is 0 Å². The Morgan fingerprint density at radius 2 is 1.81 bits per heavy atom. The molecule has 0 bridgehead atoms. The summed E-state index contributed by atoms with van der Waals surface area (Å²) in [5, 5.41) is 1.94. The van der Waals surface area contributed by atoms with E-state index in [1.165, 1.54) is 4.90 Å². The lowest BCUT2D eigenvalue weighted by molar-refractivity contribution is -0.175. The van der Waals surface area contributed by atoms with Gasteiger partial charge >= 0.3 is 24.1 Å². The molecule has 3 atom stereocenters. The maximum absolute atomic E-state index is 12.8.